The maximum absolute atomic E-state index is 11.1. The molecular weight excluding hydrogens is 276 g/mol. The zero-order valence-electron chi connectivity index (χ0n) is 11.3. The van der Waals surface area contributed by atoms with Gasteiger partial charge in [0.05, 0.1) is 29.9 Å². The molecule has 0 saturated heterocycles. The first-order chi connectivity index (χ1) is 10.0. The zero-order chi connectivity index (χ0) is 15.4. The molecule has 9 nitrogen and oxygen atoms in total. The number of nitro benzene ring substituents is 1. The Morgan fingerprint density at radius 3 is 2.95 bits per heavy atom. The molecule has 110 valence electrons. The molecule has 0 saturated carbocycles. The molecule has 1 aromatic heterocycles. The molecule has 0 bridgehead atoms. The second-order valence-corrected chi connectivity index (χ2v) is 4.36. The molecular formula is C12H14N6O3. The van der Waals surface area contributed by atoms with Crippen LogP contribution in [0.1, 0.15) is 11.3 Å². The minimum absolute atomic E-state index is 0.0148. The molecule has 2 aromatic rings. The van der Waals surface area contributed by atoms with Crippen molar-refractivity contribution in [2.24, 2.45) is 5.73 Å². The largest absolute Gasteiger partial charge is 0.349 e. The number of nitrogens with one attached hydrogen (secondary N) is 1. The average Bonchev–Trinajstić information content (AvgIpc) is 2.93. The summed E-state index contributed by atoms with van der Waals surface area (Å²) in [7, 11) is 0. The Balaban J connectivity index is 2.19. The second kappa shape index (κ2) is 6.09. The predicted octanol–water partition coefficient (Wildman–Crippen LogP) is 0.0588. The summed E-state index contributed by atoms with van der Waals surface area (Å²) in [6, 6.07) is 4.77. The van der Waals surface area contributed by atoms with Crippen molar-refractivity contribution in [3.63, 3.8) is 0 Å². The van der Waals surface area contributed by atoms with Gasteiger partial charge in [0.1, 0.15) is 5.69 Å². The molecule has 1 heterocycles. The molecule has 0 fully saturated rings. The Morgan fingerprint density at radius 1 is 1.52 bits per heavy atom. The van der Waals surface area contributed by atoms with Gasteiger partial charge in [-0.1, -0.05) is 11.3 Å². The van der Waals surface area contributed by atoms with Crippen molar-refractivity contribution in [3.05, 3.63) is 45.8 Å². The summed E-state index contributed by atoms with van der Waals surface area (Å²) < 4.78 is 1.41. The first kappa shape index (κ1) is 14.6. The summed E-state index contributed by atoms with van der Waals surface area (Å²) in [5.74, 6) is -0.296. The summed E-state index contributed by atoms with van der Waals surface area (Å²) in [5.41, 5.74) is 6.81. The fourth-order valence-electron chi connectivity index (χ4n) is 1.70. The van der Waals surface area contributed by atoms with E-state index in [-0.39, 0.29) is 24.7 Å². The Kier molecular flexibility index (Phi) is 4.24. The molecule has 3 N–H and O–H groups in total. The van der Waals surface area contributed by atoms with Gasteiger partial charge in [0.25, 0.3) is 5.69 Å². The number of hydrogen-bond acceptors (Lipinski definition) is 6. The highest BCUT2D eigenvalue weighted by atomic mass is 16.6. The number of nitrogens with zero attached hydrogens (tertiary/aromatic N) is 4. The normalized spacial score (nSPS) is 10.4. The Morgan fingerprint density at radius 2 is 2.29 bits per heavy atom. The van der Waals surface area contributed by atoms with Crippen molar-refractivity contribution in [3.8, 4) is 5.69 Å². The van der Waals surface area contributed by atoms with Crippen LogP contribution in [-0.2, 0) is 11.3 Å². The molecule has 1 amide bonds. The van der Waals surface area contributed by atoms with Gasteiger partial charge in [-0.25, -0.2) is 4.68 Å². The van der Waals surface area contributed by atoms with Crippen LogP contribution in [0.4, 0.5) is 5.69 Å². The van der Waals surface area contributed by atoms with E-state index in [0.717, 1.165) is 0 Å². The Labute approximate surface area is 119 Å². The first-order valence-electron chi connectivity index (χ1n) is 6.14. The lowest BCUT2D eigenvalue weighted by Crippen LogP contribution is -2.29. The third-order valence-corrected chi connectivity index (χ3v) is 2.85. The molecule has 0 aliphatic carbocycles. The number of aromatic nitrogens is 3. The number of rotatable bonds is 5. The van der Waals surface area contributed by atoms with Gasteiger partial charge in [0, 0.05) is 11.6 Å². The molecule has 1 aromatic carbocycles. The van der Waals surface area contributed by atoms with E-state index < -0.39 is 4.92 Å². The Bertz CT molecular complexity index is 681. The van der Waals surface area contributed by atoms with Gasteiger partial charge >= 0.3 is 0 Å². The van der Waals surface area contributed by atoms with Crippen LogP contribution in [0.3, 0.4) is 0 Å². The topological polar surface area (TPSA) is 129 Å². The van der Waals surface area contributed by atoms with Crippen molar-refractivity contribution in [2.75, 3.05) is 6.54 Å². The number of nitrogens with two attached hydrogens (primary N) is 1. The van der Waals surface area contributed by atoms with Crippen LogP contribution in [0.15, 0.2) is 24.4 Å². The second-order valence-electron chi connectivity index (χ2n) is 4.36. The average molecular weight is 290 g/mol. The van der Waals surface area contributed by atoms with E-state index in [9.17, 15) is 14.9 Å². The summed E-state index contributed by atoms with van der Waals surface area (Å²) in [6.07, 6.45) is 1.59. The number of hydrogen-bond donors (Lipinski definition) is 2. The first-order valence-corrected chi connectivity index (χ1v) is 6.14. The molecule has 0 atom stereocenters. The van der Waals surface area contributed by atoms with Gasteiger partial charge in [0.2, 0.25) is 5.91 Å². The molecule has 0 aliphatic rings. The lowest BCUT2D eigenvalue weighted by Gasteiger charge is -2.02. The number of aryl methyl sites for hydroxylation is 1. The van der Waals surface area contributed by atoms with Crippen LogP contribution >= 0.6 is 0 Å². The van der Waals surface area contributed by atoms with E-state index in [1.807, 2.05) is 0 Å². The minimum atomic E-state index is -0.446. The molecule has 2 rings (SSSR count). The van der Waals surface area contributed by atoms with Gasteiger partial charge in [-0.2, -0.15) is 0 Å². The van der Waals surface area contributed by atoms with Crippen LogP contribution < -0.4 is 11.1 Å². The summed E-state index contributed by atoms with van der Waals surface area (Å²) in [6.45, 7) is 1.76. The minimum Gasteiger partial charge on any atom is -0.349 e. The summed E-state index contributed by atoms with van der Waals surface area (Å²) in [5, 5.41) is 21.3. The highest BCUT2D eigenvalue weighted by Crippen LogP contribution is 2.21. The van der Waals surface area contributed by atoms with Crippen LogP contribution in [0.2, 0.25) is 0 Å². The number of amides is 1. The van der Waals surface area contributed by atoms with Gasteiger partial charge in [-0.3, -0.25) is 14.9 Å². The molecule has 0 radical (unpaired) electrons. The van der Waals surface area contributed by atoms with E-state index >= 15 is 0 Å². The van der Waals surface area contributed by atoms with Crippen LogP contribution in [-0.4, -0.2) is 32.4 Å². The summed E-state index contributed by atoms with van der Waals surface area (Å²) in [4.78, 5) is 21.5. The van der Waals surface area contributed by atoms with E-state index in [0.29, 0.717) is 16.9 Å². The lowest BCUT2D eigenvalue weighted by atomic mass is 10.2. The number of carbonyl (C=O) groups excluding carboxylic acids is 1. The van der Waals surface area contributed by atoms with Gasteiger partial charge < -0.3 is 11.1 Å². The maximum Gasteiger partial charge on any atom is 0.274 e. The molecule has 21 heavy (non-hydrogen) atoms. The van der Waals surface area contributed by atoms with E-state index in [4.69, 9.17) is 5.73 Å². The van der Waals surface area contributed by atoms with E-state index in [1.54, 1.807) is 25.3 Å². The lowest BCUT2D eigenvalue weighted by molar-refractivity contribution is -0.385. The third-order valence-electron chi connectivity index (χ3n) is 2.85. The third kappa shape index (κ3) is 3.39. The number of nitro groups is 1. The fourth-order valence-corrected chi connectivity index (χ4v) is 1.70. The van der Waals surface area contributed by atoms with Crippen LogP contribution in [0.5, 0.6) is 0 Å². The summed E-state index contributed by atoms with van der Waals surface area (Å²) >= 11 is 0. The van der Waals surface area contributed by atoms with E-state index in [2.05, 4.69) is 15.6 Å². The fraction of sp³-hybridized carbons (Fsp3) is 0.250. The van der Waals surface area contributed by atoms with Crippen molar-refractivity contribution in [2.45, 2.75) is 13.5 Å². The van der Waals surface area contributed by atoms with Crippen molar-refractivity contribution < 1.29 is 9.72 Å². The van der Waals surface area contributed by atoms with Gasteiger partial charge in [-0.05, 0) is 13.0 Å². The molecule has 9 heteroatoms. The smallest absolute Gasteiger partial charge is 0.274 e. The quantitative estimate of drug-likeness (QED) is 0.591. The standard InChI is InChI=1S/C12H14N6O3/c1-8-2-3-10(4-11(8)18(20)21)17-7-9(15-16-17)6-14-12(19)5-13/h2-4,7H,5-6,13H2,1H3,(H,14,19). The highest BCUT2D eigenvalue weighted by Gasteiger charge is 2.13. The number of carbonyl (C=O) groups is 1. The molecule has 0 spiro atoms. The predicted molar refractivity (Wildman–Crippen MR) is 73.7 cm³/mol. The maximum atomic E-state index is 11.1. The SMILES string of the molecule is Cc1ccc(-n2cc(CNC(=O)CN)nn2)cc1[N+](=O)[O-]. The Hall–Kier alpha value is -2.81. The van der Waals surface area contributed by atoms with E-state index in [1.165, 1.54) is 10.7 Å². The van der Waals surface area contributed by atoms with Crippen molar-refractivity contribution >= 4 is 11.6 Å². The van der Waals surface area contributed by atoms with Crippen LogP contribution in [0.25, 0.3) is 5.69 Å². The zero-order valence-corrected chi connectivity index (χ0v) is 11.3. The van der Waals surface area contributed by atoms with Crippen molar-refractivity contribution in [1.82, 2.24) is 20.3 Å². The number of benzene rings is 1. The monoisotopic (exact) mass is 290 g/mol. The molecule has 0 unspecified atom stereocenters. The van der Waals surface area contributed by atoms with Crippen molar-refractivity contribution in [1.29, 1.82) is 0 Å². The van der Waals surface area contributed by atoms with Crippen LogP contribution in [0, 0.1) is 17.0 Å². The van der Waals surface area contributed by atoms with Gasteiger partial charge in [-0.15, -0.1) is 5.10 Å². The molecule has 0 aliphatic heterocycles. The highest BCUT2D eigenvalue weighted by molar-refractivity contribution is 5.77. The van der Waals surface area contributed by atoms with Gasteiger partial charge in [0.15, 0.2) is 0 Å².